The summed E-state index contributed by atoms with van der Waals surface area (Å²) in [5, 5.41) is 12.8. The molecule has 2 aromatic carbocycles. The van der Waals surface area contributed by atoms with Gasteiger partial charge in [0, 0.05) is 63.1 Å². The SMILES string of the molecule is COc1cc(F)ccc1S(=O)(=O)N1C(=O)[C@@](NC(=O)N2CCN(C3CCN(C4COC4)CC3)CC2)(c2cccnc2OC)c2cc(C#N)ccc21. The number of nitrogens with zero attached hydrogens (tertiary/aromatic N) is 6. The summed E-state index contributed by atoms with van der Waals surface area (Å²) in [4.78, 5) is 39.6. The van der Waals surface area contributed by atoms with Gasteiger partial charge >= 0.3 is 6.03 Å². The largest absolute Gasteiger partial charge is 0.495 e. The predicted octanol–water partition coefficient (Wildman–Crippen LogP) is 2.28. The number of benzene rings is 2. The number of methoxy groups -OCH3 is 2. The number of amides is 3. The van der Waals surface area contributed by atoms with Gasteiger partial charge in [-0.25, -0.2) is 22.6 Å². The van der Waals surface area contributed by atoms with Crippen LogP contribution in [-0.2, 0) is 25.1 Å². The normalized spacial score (nSPS) is 21.9. The molecule has 0 radical (unpaired) electrons. The molecule has 5 heterocycles. The fraction of sp³-hybridized carbons (Fsp3) is 0.429. The molecule has 1 atom stereocenters. The highest BCUT2D eigenvalue weighted by Gasteiger charge is 2.59. The monoisotopic (exact) mass is 719 g/mol. The van der Waals surface area contributed by atoms with E-state index in [4.69, 9.17) is 14.2 Å². The first kappa shape index (κ1) is 34.6. The van der Waals surface area contributed by atoms with Crippen molar-refractivity contribution >= 4 is 27.6 Å². The average molecular weight is 720 g/mol. The molecular weight excluding hydrogens is 681 g/mol. The van der Waals surface area contributed by atoms with E-state index in [0.717, 1.165) is 57.3 Å². The Kier molecular flexibility index (Phi) is 9.31. The molecule has 3 amide bonds. The maximum Gasteiger partial charge on any atom is 0.318 e. The molecule has 0 spiro atoms. The lowest BCUT2D eigenvalue weighted by Gasteiger charge is -2.46. The van der Waals surface area contributed by atoms with E-state index < -0.39 is 38.2 Å². The van der Waals surface area contributed by atoms with Gasteiger partial charge in [-0.05, 0) is 55.3 Å². The second-order valence-corrected chi connectivity index (χ2v) is 14.7. The standard InChI is InChI=1S/C35H38FN7O7S/c1-48-30-19-24(36)6-8-31(30)51(46,47)43-29-7-5-23(20-37)18-28(29)35(33(43)44,27-4-3-11-38-32(27)49-2)39-34(45)42-16-14-41(15-17-42)25-9-12-40(13-10-25)26-21-50-22-26/h3-8,11,18-19,25-26H,9-10,12-17,21-22H2,1-2H3,(H,39,45)/t35-/m1/s1. The van der Waals surface area contributed by atoms with Crippen molar-refractivity contribution in [2.75, 3.05) is 71.0 Å². The first-order valence-corrected chi connectivity index (χ1v) is 18.2. The Morgan fingerprint density at radius 2 is 1.71 bits per heavy atom. The zero-order valence-electron chi connectivity index (χ0n) is 28.2. The van der Waals surface area contributed by atoms with Gasteiger partial charge in [0.05, 0.1) is 56.4 Å². The number of sulfonamides is 1. The summed E-state index contributed by atoms with van der Waals surface area (Å²) in [6, 6.07) is 12.3. The first-order chi connectivity index (χ1) is 24.6. The van der Waals surface area contributed by atoms with Gasteiger partial charge in [0.15, 0.2) is 5.54 Å². The van der Waals surface area contributed by atoms with E-state index in [-0.39, 0.29) is 34.0 Å². The van der Waals surface area contributed by atoms with E-state index in [2.05, 4.69) is 20.1 Å². The maximum atomic E-state index is 15.0. The fourth-order valence-electron chi connectivity index (χ4n) is 7.52. The Hall–Kier alpha value is -4.82. The molecule has 4 aliphatic heterocycles. The number of hydrogen-bond acceptors (Lipinski definition) is 11. The van der Waals surface area contributed by atoms with E-state index >= 15 is 4.79 Å². The molecule has 14 nitrogen and oxygen atoms in total. The number of fused-ring (bicyclic) bond motifs is 1. The Balaban J connectivity index is 1.23. The molecule has 3 saturated heterocycles. The molecule has 0 unspecified atom stereocenters. The number of aromatic nitrogens is 1. The van der Waals surface area contributed by atoms with Gasteiger partial charge in [-0.3, -0.25) is 14.6 Å². The van der Waals surface area contributed by atoms with Crippen LogP contribution in [-0.4, -0.2) is 119 Å². The lowest BCUT2D eigenvalue weighted by Crippen LogP contribution is -2.61. The summed E-state index contributed by atoms with van der Waals surface area (Å²) in [6.45, 7) is 5.59. The summed E-state index contributed by atoms with van der Waals surface area (Å²) in [5.41, 5.74) is -2.10. The van der Waals surface area contributed by atoms with Gasteiger partial charge in [-0.2, -0.15) is 9.57 Å². The van der Waals surface area contributed by atoms with Crippen LogP contribution in [0.5, 0.6) is 11.6 Å². The third-order valence-electron chi connectivity index (χ3n) is 10.3. The molecule has 51 heavy (non-hydrogen) atoms. The molecule has 1 N–H and O–H groups in total. The molecule has 0 bridgehead atoms. The summed E-state index contributed by atoms with van der Waals surface area (Å²) in [6.07, 6.45) is 3.50. The Morgan fingerprint density at radius 1 is 0.980 bits per heavy atom. The van der Waals surface area contributed by atoms with Gasteiger partial charge in [-0.1, -0.05) is 0 Å². The van der Waals surface area contributed by atoms with E-state index in [1.54, 1.807) is 4.90 Å². The highest BCUT2D eigenvalue weighted by molar-refractivity contribution is 7.93. The molecule has 0 aliphatic carbocycles. The number of anilines is 1. The summed E-state index contributed by atoms with van der Waals surface area (Å²) >= 11 is 0. The lowest BCUT2D eigenvalue weighted by atomic mass is 9.83. The van der Waals surface area contributed by atoms with Crippen LogP contribution in [0.1, 0.15) is 29.5 Å². The minimum atomic E-state index is -4.80. The lowest BCUT2D eigenvalue weighted by molar-refractivity contribution is -0.121. The van der Waals surface area contributed by atoms with Crippen molar-refractivity contribution in [3.63, 3.8) is 0 Å². The molecule has 1 aromatic heterocycles. The van der Waals surface area contributed by atoms with Crippen LogP contribution in [0.3, 0.4) is 0 Å². The third kappa shape index (κ3) is 5.93. The van der Waals surface area contributed by atoms with Gasteiger partial charge in [0.2, 0.25) is 5.88 Å². The zero-order chi connectivity index (χ0) is 35.9. The fourth-order valence-corrected chi connectivity index (χ4v) is 9.13. The molecule has 0 saturated carbocycles. The minimum Gasteiger partial charge on any atom is -0.495 e. The van der Waals surface area contributed by atoms with E-state index in [1.807, 2.05) is 6.07 Å². The number of nitrogens with one attached hydrogen (secondary N) is 1. The van der Waals surface area contributed by atoms with Crippen molar-refractivity contribution in [3.8, 4) is 17.7 Å². The molecule has 268 valence electrons. The second-order valence-electron chi connectivity index (χ2n) is 12.9. The quantitative estimate of drug-likeness (QED) is 0.364. The van der Waals surface area contributed by atoms with Crippen LogP contribution in [0.25, 0.3) is 0 Å². The Bertz CT molecular complexity index is 1990. The van der Waals surface area contributed by atoms with Crippen molar-refractivity contribution in [2.45, 2.75) is 35.4 Å². The van der Waals surface area contributed by atoms with Crippen LogP contribution < -0.4 is 19.1 Å². The summed E-state index contributed by atoms with van der Waals surface area (Å²) in [5.74, 6) is -2.17. The number of urea groups is 1. The van der Waals surface area contributed by atoms with Gasteiger partial charge in [-0.15, -0.1) is 0 Å². The number of piperidine rings is 1. The molecule has 16 heteroatoms. The summed E-state index contributed by atoms with van der Waals surface area (Å²) < 4.78 is 59.7. The highest BCUT2D eigenvalue weighted by atomic mass is 32.2. The topological polar surface area (TPSA) is 158 Å². The van der Waals surface area contributed by atoms with Crippen molar-refractivity contribution < 1.29 is 36.6 Å². The summed E-state index contributed by atoms with van der Waals surface area (Å²) in [7, 11) is -2.27. The van der Waals surface area contributed by atoms with Crippen LogP contribution in [0, 0.1) is 17.1 Å². The molecular formula is C35H38FN7O7S. The number of carbonyl (C=O) groups excluding carboxylic acids is 2. The number of likely N-dealkylation sites (tertiary alicyclic amines) is 1. The van der Waals surface area contributed by atoms with Crippen molar-refractivity contribution in [1.82, 2.24) is 25.0 Å². The van der Waals surface area contributed by atoms with Gasteiger partial charge in [0.1, 0.15) is 16.5 Å². The van der Waals surface area contributed by atoms with Crippen molar-refractivity contribution in [3.05, 3.63) is 77.2 Å². The van der Waals surface area contributed by atoms with Crippen LogP contribution in [0.2, 0.25) is 0 Å². The van der Waals surface area contributed by atoms with Gasteiger partial charge < -0.3 is 24.4 Å². The number of pyridine rings is 1. The van der Waals surface area contributed by atoms with Crippen LogP contribution in [0.4, 0.5) is 14.9 Å². The smallest absolute Gasteiger partial charge is 0.318 e. The number of piperazine rings is 1. The Morgan fingerprint density at radius 3 is 2.35 bits per heavy atom. The average Bonchev–Trinajstić information content (AvgIpc) is 3.38. The Labute approximate surface area is 295 Å². The minimum absolute atomic E-state index is 0.0260. The maximum absolute atomic E-state index is 15.0. The molecule has 4 aliphatic rings. The van der Waals surface area contributed by atoms with E-state index in [1.165, 1.54) is 50.7 Å². The third-order valence-corrected chi connectivity index (χ3v) is 12.1. The highest BCUT2D eigenvalue weighted by Crippen LogP contribution is 2.49. The first-order valence-electron chi connectivity index (χ1n) is 16.7. The zero-order valence-corrected chi connectivity index (χ0v) is 29.1. The number of carbonyl (C=O) groups is 2. The number of nitriles is 1. The number of rotatable bonds is 8. The van der Waals surface area contributed by atoms with E-state index in [0.29, 0.717) is 42.6 Å². The van der Waals surface area contributed by atoms with Crippen molar-refractivity contribution in [2.24, 2.45) is 0 Å². The van der Waals surface area contributed by atoms with Gasteiger partial charge in [0.25, 0.3) is 15.9 Å². The molecule has 3 fully saturated rings. The number of ether oxygens (including phenoxy) is 3. The second kappa shape index (κ2) is 13.7. The number of halogens is 1. The van der Waals surface area contributed by atoms with Crippen molar-refractivity contribution in [1.29, 1.82) is 5.26 Å². The number of hydrogen-bond donors (Lipinski definition) is 1. The molecule has 3 aromatic rings. The predicted molar refractivity (Wildman–Crippen MR) is 181 cm³/mol. The molecule has 7 rings (SSSR count). The van der Waals surface area contributed by atoms with Crippen LogP contribution in [0.15, 0.2) is 59.6 Å². The van der Waals surface area contributed by atoms with E-state index in [9.17, 15) is 22.9 Å². The van der Waals surface area contributed by atoms with Crippen LogP contribution >= 0.6 is 0 Å².